The molecule has 0 spiro atoms. The van der Waals surface area contributed by atoms with Crippen LogP contribution in [0, 0.1) is 0 Å². The molecule has 1 aliphatic carbocycles. The molecule has 1 aromatic carbocycles. The van der Waals surface area contributed by atoms with E-state index in [1.807, 2.05) is 18.2 Å². The molecule has 0 bridgehead atoms. The fraction of sp³-hybridized carbons (Fsp3) is 0.516. The van der Waals surface area contributed by atoms with Gasteiger partial charge in [0.1, 0.15) is 29.2 Å². The zero-order valence-corrected chi connectivity index (χ0v) is 25.4. The lowest BCUT2D eigenvalue weighted by Gasteiger charge is -2.49. The Morgan fingerprint density at radius 3 is 2.45 bits per heavy atom. The van der Waals surface area contributed by atoms with E-state index >= 15 is 0 Å². The number of anilines is 2. The van der Waals surface area contributed by atoms with Gasteiger partial charge in [-0.2, -0.15) is 13.2 Å². The normalized spacial score (nSPS) is 25.9. The van der Waals surface area contributed by atoms with Crippen molar-refractivity contribution in [3.8, 4) is 0 Å². The molecule has 0 amide bonds. The van der Waals surface area contributed by atoms with Gasteiger partial charge in [0.2, 0.25) is 11.6 Å². The predicted octanol–water partition coefficient (Wildman–Crippen LogP) is 4.50. The van der Waals surface area contributed by atoms with Gasteiger partial charge in [0.25, 0.3) is 0 Å². The van der Waals surface area contributed by atoms with E-state index in [1.54, 1.807) is 6.07 Å². The minimum Gasteiger partial charge on any atom is -0.460 e. The van der Waals surface area contributed by atoms with Gasteiger partial charge in [-0.15, -0.1) is 0 Å². The highest BCUT2D eigenvalue weighted by molar-refractivity contribution is 6.49. The van der Waals surface area contributed by atoms with Gasteiger partial charge in [0.05, 0.1) is 30.0 Å². The fourth-order valence-electron chi connectivity index (χ4n) is 6.70. The van der Waals surface area contributed by atoms with Crippen molar-refractivity contribution in [3.63, 3.8) is 0 Å². The van der Waals surface area contributed by atoms with Gasteiger partial charge in [-0.1, -0.05) is 29.8 Å². The van der Waals surface area contributed by atoms with Crippen molar-refractivity contribution in [1.29, 1.82) is 0 Å². The summed E-state index contributed by atoms with van der Waals surface area (Å²) in [6.07, 6.45) is -0.837. The smallest absolute Gasteiger partial charge is 0.401 e. The molecule has 2 saturated heterocycles. The zero-order valence-electron chi connectivity index (χ0n) is 24.6. The molecule has 236 valence electrons. The number of ketones is 2. The molecule has 2 unspecified atom stereocenters. The molecule has 4 atom stereocenters. The third-order valence-electron chi connectivity index (χ3n) is 9.00. The van der Waals surface area contributed by atoms with Crippen LogP contribution in [0.15, 0.2) is 47.0 Å². The third-order valence-corrected chi connectivity index (χ3v) is 9.27. The first-order valence-corrected chi connectivity index (χ1v) is 15.4. The zero-order chi connectivity index (χ0) is 31.2. The predicted molar refractivity (Wildman–Crippen MR) is 162 cm³/mol. The SMILES string of the molecule is C[C@@H]1CN(c2ncc(NC3C(=O)C(=O)C3NCC(F)(F)F)cc2Cl)[C@@H](C)CN1C1CCN(Cc2cc3ccccc3o2)CC1. The number of para-hydroxylation sites is 1. The Kier molecular flexibility index (Phi) is 8.62. The summed E-state index contributed by atoms with van der Waals surface area (Å²) in [6.45, 7) is 7.42. The lowest BCUT2D eigenvalue weighted by atomic mass is 9.83. The van der Waals surface area contributed by atoms with Crippen molar-refractivity contribution in [2.45, 2.75) is 69.6 Å². The number of hydrogen-bond acceptors (Lipinski definition) is 9. The number of carbonyl (C=O) groups is 2. The Labute approximate surface area is 258 Å². The van der Waals surface area contributed by atoms with E-state index in [-0.39, 0.29) is 12.1 Å². The number of pyridine rings is 1. The molecule has 4 heterocycles. The number of alkyl halides is 3. The number of nitrogens with one attached hydrogen (secondary N) is 2. The molecule has 3 fully saturated rings. The van der Waals surface area contributed by atoms with Crippen LogP contribution in [-0.4, -0.2) is 95.5 Å². The second-order valence-corrected chi connectivity index (χ2v) is 12.6. The van der Waals surface area contributed by atoms with Crippen LogP contribution in [0.3, 0.4) is 0 Å². The number of nitrogens with zero attached hydrogens (tertiary/aromatic N) is 4. The number of aromatic nitrogens is 1. The van der Waals surface area contributed by atoms with Crippen molar-refractivity contribution in [2.75, 3.05) is 42.9 Å². The molecule has 6 rings (SSSR count). The summed E-state index contributed by atoms with van der Waals surface area (Å²) in [5.74, 6) is -0.0417. The molecule has 1 saturated carbocycles. The number of halogens is 4. The molecule has 3 aliphatic rings. The lowest BCUT2D eigenvalue weighted by molar-refractivity contribution is -0.149. The summed E-state index contributed by atoms with van der Waals surface area (Å²) in [7, 11) is 0. The average Bonchev–Trinajstić information content (AvgIpc) is 3.40. The summed E-state index contributed by atoms with van der Waals surface area (Å²) < 4.78 is 43.9. The minimum atomic E-state index is -4.50. The van der Waals surface area contributed by atoms with Gasteiger partial charge in [-0.05, 0) is 44.9 Å². The van der Waals surface area contributed by atoms with E-state index in [1.165, 1.54) is 6.20 Å². The average molecular weight is 633 g/mol. The standard InChI is InChI=1S/C31H36ClF3N6O3/c1-18-15-41(30-24(32)12-21(13-36-30)38-27-26(28(42)29(27)43)37-17-31(33,34)35)19(2)14-40(18)22-7-9-39(10-8-22)16-23-11-20-5-3-4-6-25(20)44-23/h3-6,11-13,18-19,22,26-27,37-38H,7-10,14-17H2,1-2H3/t18-,19+,26?,27?/m1/s1. The second-order valence-electron chi connectivity index (χ2n) is 12.2. The maximum Gasteiger partial charge on any atom is 0.401 e. The molecule has 13 heteroatoms. The maximum atomic E-state index is 12.6. The fourth-order valence-corrected chi connectivity index (χ4v) is 6.98. The maximum absolute atomic E-state index is 12.6. The number of fused-ring (bicyclic) bond motifs is 1. The van der Waals surface area contributed by atoms with Gasteiger partial charge in [0.15, 0.2) is 0 Å². The van der Waals surface area contributed by atoms with Crippen molar-refractivity contribution < 1.29 is 27.2 Å². The number of rotatable bonds is 8. The highest BCUT2D eigenvalue weighted by Crippen LogP contribution is 2.33. The quantitative estimate of drug-likeness (QED) is 0.348. The van der Waals surface area contributed by atoms with E-state index in [0.29, 0.717) is 22.6 Å². The molecular formula is C31H36ClF3N6O3. The number of furan rings is 1. The van der Waals surface area contributed by atoms with E-state index < -0.39 is 36.4 Å². The van der Waals surface area contributed by atoms with Crippen molar-refractivity contribution >= 4 is 45.6 Å². The number of piperidine rings is 1. The van der Waals surface area contributed by atoms with Crippen LogP contribution in [0.25, 0.3) is 11.0 Å². The lowest BCUT2D eigenvalue weighted by Crippen LogP contribution is -2.67. The number of Topliss-reactive ketones (excluding diaryl/α,β-unsaturated/α-hetero) is 2. The molecule has 2 N–H and O–H groups in total. The third kappa shape index (κ3) is 6.44. The first kappa shape index (κ1) is 30.8. The molecular weight excluding hydrogens is 597 g/mol. The van der Waals surface area contributed by atoms with Gasteiger partial charge in [-0.3, -0.25) is 24.7 Å². The van der Waals surface area contributed by atoms with E-state index in [2.05, 4.69) is 56.3 Å². The summed E-state index contributed by atoms with van der Waals surface area (Å²) >= 11 is 6.65. The highest BCUT2D eigenvalue weighted by Gasteiger charge is 2.50. The molecule has 0 radical (unpaired) electrons. The van der Waals surface area contributed by atoms with E-state index in [0.717, 1.165) is 62.3 Å². The van der Waals surface area contributed by atoms with Crippen LogP contribution in [0.5, 0.6) is 0 Å². The van der Waals surface area contributed by atoms with Crippen molar-refractivity contribution in [2.24, 2.45) is 0 Å². The van der Waals surface area contributed by atoms with Gasteiger partial charge < -0.3 is 14.6 Å². The van der Waals surface area contributed by atoms with Crippen molar-refractivity contribution in [1.82, 2.24) is 20.1 Å². The van der Waals surface area contributed by atoms with Gasteiger partial charge >= 0.3 is 6.18 Å². The Bertz CT molecular complexity index is 1490. The molecule has 44 heavy (non-hydrogen) atoms. The largest absolute Gasteiger partial charge is 0.460 e. The summed E-state index contributed by atoms with van der Waals surface area (Å²) in [5, 5.41) is 6.44. The Morgan fingerprint density at radius 2 is 1.75 bits per heavy atom. The van der Waals surface area contributed by atoms with Crippen LogP contribution in [0.1, 0.15) is 32.4 Å². The Hall–Kier alpha value is -3.19. The second kappa shape index (κ2) is 12.3. The number of benzene rings is 1. The number of piperazine rings is 1. The molecule has 2 aliphatic heterocycles. The van der Waals surface area contributed by atoms with E-state index in [9.17, 15) is 22.8 Å². The Morgan fingerprint density at radius 1 is 1.02 bits per heavy atom. The first-order chi connectivity index (χ1) is 21.0. The van der Waals surface area contributed by atoms with Gasteiger partial charge in [0, 0.05) is 49.7 Å². The van der Waals surface area contributed by atoms with Crippen LogP contribution < -0.4 is 15.5 Å². The summed E-state index contributed by atoms with van der Waals surface area (Å²) in [4.78, 5) is 35.7. The van der Waals surface area contributed by atoms with Crippen LogP contribution in [0.4, 0.5) is 24.7 Å². The first-order valence-electron chi connectivity index (χ1n) is 15.0. The van der Waals surface area contributed by atoms with Crippen LogP contribution in [-0.2, 0) is 16.1 Å². The highest BCUT2D eigenvalue weighted by atomic mass is 35.5. The van der Waals surface area contributed by atoms with Gasteiger partial charge in [-0.25, -0.2) is 4.98 Å². The van der Waals surface area contributed by atoms with Crippen LogP contribution >= 0.6 is 11.6 Å². The number of carbonyl (C=O) groups excluding carboxylic acids is 2. The number of likely N-dealkylation sites (tertiary alicyclic amines) is 1. The topological polar surface area (TPSA) is 93.9 Å². The summed E-state index contributed by atoms with van der Waals surface area (Å²) in [5.41, 5.74) is 1.28. The summed E-state index contributed by atoms with van der Waals surface area (Å²) in [6, 6.07) is 10.4. The minimum absolute atomic E-state index is 0.144. The number of hydrogen-bond donors (Lipinski definition) is 2. The molecule has 3 aromatic rings. The molecule has 2 aromatic heterocycles. The monoisotopic (exact) mass is 632 g/mol. The molecule has 9 nitrogen and oxygen atoms in total. The Balaban J connectivity index is 1.03. The van der Waals surface area contributed by atoms with Crippen LogP contribution in [0.2, 0.25) is 5.02 Å². The van der Waals surface area contributed by atoms with E-state index in [4.69, 9.17) is 16.0 Å². The van der Waals surface area contributed by atoms with Crippen molar-refractivity contribution in [3.05, 3.63) is 53.4 Å².